The van der Waals surface area contributed by atoms with Gasteiger partial charge in [0, 0.05) is 136 Å². The van der Waals surface area contributed by atoms with Crippen molar-refractivity contribution in [2.24, 2.45) is 23.5 Å². The minimum absolute atomic E-state index is 0.00467. The van der Waals surface area contributed by atoms with E-state index in [4.69, 9.17) is 11.0 Å². The van der Waals surface area contributed by atoms with Gasteiger partial charge in [-0.3, -0.25) is 9.13 Å². The number of aromatic nitrogens is 11. The Hall–Kier alpha value is -10.8. The van der Waals surface area contributed by atoms with E-state index in [0.717, 1.165) is 155 Å². The molecule has 2 N–H and O–H groups in total. The molecular formula is C76H72F3N17. The summed E-state index contributed by atoms with van der Waals surface area (Å²) in [6.07, 6.45) is 15.2. The van der Waals surface area contributed by atoms with Crippen LogP contribution in [0.4, 0.5) is 30.2 Å². The number of nitriles is 1. The third-order valence-corrected chi connectivity index (χ3v) is 19.9. The summed E-state index contributed by atoms with van der Waals surface area (Å²) in [5.41, 5.74) is 26.3. The normalized spacial score (nSPS) is 17.8. The average Bonchev–Trinajstić information content (AvgIpc) is 1.62. The van der Waals surface area contributed by atoms with Crippen LogP contribution in [0.5, 0.6) is 0 Å². The summed E-state index contributed by atoms with van der Waals surface area (Å²) in [5.74, 6) is 3.37. The van der Waals surface area contributed by atoms with Crippen molar-refractivity contribution in [1.29, 1.82) is 5.26 Å². The second-order valence-electron chi connectivity index (χ2n) is 26.6. The molecule has 6 aliphatic heterocycles. The number of anilines is 3. The van der Waals surface area contributed by atoms with Gasteiger partial charge in [-0.2, -0.15) is 10.4 Å². The highest BCUT2D eigenvalue weighted by atomic mass is 19.1. The van der Waals surface area contributed by atoms with Crippen molar-refractivity contribution in [3.63, 3.8) is 0 Å². The van der Waals surface area contributed by atoms with Crippen LogP contribution in [0.15, 0.2) is 189 Å². The van der Waals surface area contributed by atoms with Gasteiger partial charge >= 0.3 is 0 Å². The van der Waals surface area contributed by atoms with Crippen LogP contribution in [0.3, 0.4) is 0 Å². The van der Waals surface area contributed by atoms with Gasteiger partial charge in [0.2, 0.25) is 0 Å². The van der Waals surface area contributed by atoms with Gasteiger partial charge < -0.3 is 39.0 Å². The summed E-state index contributed by atoms with van der Waals surface area (Å²) in [7, 11) is 3.98. The summed E-state index contributed by atoms with van der Waals surface area (Å²) < 4.78 is 54.3. The number of rotatable bonds is 9. The van der Waals surface area contributed by atoms with Gasteiger partial charge in [0.15, 0.2) is 17.5 Å². The second kappa shape index (κ2) is 24.9. The molecule has 0 bridgehead atoms. The molecule has 18 rings (SSSR count). The van der Waals surface area contributed by atoms with Crippen LogP contribution < -0.4 is 20.4 Å². The van der Waals surface area contributed by atoms with Crippen LogP contribution in [0.25, 0.3) is 85.0 Å². The molecule has 0 radical (unpaired) electrons. The molecule has 20 heteroatoms. The van der Waals surface area contributed by atoms with Gasteiger partial charge in [-0.05, 0) is 188 Å². The molecule has 17 nitrogen and oxygen atoms in total. The van der Waals surface area contributed by atoms with Gasteiger partial charge in [-0.1, -0.05) is 43.3 Å². The topological polar surface area (TPSA) is 157 Å². The van der Waals surface area contributed by atoms with E-state index in [9.17, 15) is 13.2 Å². The summed E-state index contributed by atoms with van der Waals surface area (Å²) >= 11 is 0. The monoisotopic (exact) mass is 1280 g/mol. The van der Waals surface area contributed by atoms with Gasteiger partial charge in [0.1, 0.15) is 30.5 Å². The van der Waals surface area contributed by atoms with E-state index in [0.29, 0.717) is 31.1 Å². The van der Waals surface area contributed by atoms with Crippen LogP contribution in [-0.2, 0) is 19.6 Å². The maximum absolute atomic E-state index is 14.7. The Morgan fingerprint density at radius 1 is 0.562 bits per heavy atom. The van der Waals surface area contributed by atoms with Crippen LogP contribution in [-0.4, -0.2) is 130 Å². The fourth-order valence-electron chi connectivity index (χ4n) is 14.9. The number of benzene rings is 6. The maximum Gasteiger partial charge on any atom is 0.185 e. The van der Waals surface area contributed by atoms with Crippen molar-refractivity contribution in [2.75, 3.05) is 81.2 Å². The predicted molar refractivity (Wildman–Crippen MR) is 369 cm³/mol. The standard InChI is InChI=1S/C26H26F2N6.C26H23N5.C24H23FN6/c1-31(2)11-20-14-32(15-23(20)28)22-7-8-24-19(9-22)13-33-12-18(17-3-5-21(27)6-4-17)10-25(33)26-29-16-30-34(24)26;1-18-8-10-29(15-18)23-6-7-24-22(12-23)17-30-16-21(20-4-2-19(14-27)3-5-20)13-25(30)26-28-9-11-31(24)26;25-20-3-1-17(2-4-20)18-10-23-24-28-27-15-31(24)22-6-5-21(9-19(22)14-30(23)13-18)29-8-7-16(11-26)12-29/h3-10,12,16,20,23H,11,13-15H2,1-2H3;2-7,9,11-13,16,18H,8,10,15,17H2,1H3;1-6,9-10,13,15-16H,7-8,11-12,14,26H2/t20-,23+;18-;16-/m001/s1. The van der Waals surface area contributed by atoms with E-state index in [-0.39, 0.29) is 17.6 Å². The molecule has 3 fully saturated rings. The number of alkyl halides is 1. The van der Waals surface area contributed by atoms with Crippen molar-refractivity contribution >= 4 is 17.1 Å². The van der Waals surface area contributed by atoms with Crippen molar-refractivity contribution < 1.29 is 13.2 Å². The van der Waals surface area contributed by atoms with E-state index in [1.54, 1.807) is 24.8 Å². The number of halogens is 3. The lowest BCUT2D eigenvalue weighted by atomic mass is 10.1. The van der Waals surface area contributed by atoms with Crippen LogP contribution in [0.1, 0.15) is 42.0 Å². The first kappa shape index (κ1) is 60.2. The Morgan fingerprint density at radius 3 is 1.66 bits per heavy atom. The molecule has 96 heavy (non-hydrogen) atoms. The number of hydrogen-bond donors (Lipinski definition) is 1. The minimum atomic E-state index is -0.836. The molecule has 0 aliphatic carbocycles. The zero-order valence-corrected chi connectivity index (χ0v) is 53.8. The smallest absolute Gasteiger partial charge is 0.185 e. The maximum atomic E-state index is 14.7. The molecule has 0 amide bonds. The lowest BCUT2D eigenvalue weighted by molar-refractivity contribution is 0.231. The first-order valence-electron chi connectivity index (χ1n) is 33.0. The molecule has 6 aromatic heterocycles. The first-order chi connectivity index (χ1) is 46.8. The van der Waals surface area contributed by atoms with Crippen molar-refractivity contribution in [3.8, 4) is 91.1 Å². The van der Waals surface area contributed by atoms with Gasteiger partial charge in [0.05, 0.1) is 45.8 Å². The predicted octanol–water partition coefficient (Wildman–Crippen LogP) is 13.0. The lowest BCUT2D eigenvalue weighted by Gasteiger charge is -2.21. The Balaban J connectivity index is 0.000000113. The molecule has 482 valence electrons. The first-order valence-corrected chi connectivity index (χ1v) is 33.0. The highest BCUT2D eigenvalue weighted by Crippen LogP contribution is 2.40. The highest BCUT2D eigenvalue weighted by molar-refractivity contribution is 5.76. The van der Waals surface area contributed by atoms with Crippen LogP contribution in [0.2, 0.25) is 0 Å². The van der Waals surface area contributed by atoms with E-state index in [1.807, 2.05) is 61.4 Å². The van der Waals surface area contributed by atoms with E-state index in [1.165, 1.54) is 58.9 Å². The molecule has 6 aromatic carbocycles. The summed E-state index contributed by atoms with van der Waals surface area (Å²) in [6.45, 7) is 11.4. The Labute approximate surface area is 555 Å². The summed E-state index contributed by atoms with van der Waals surface area (Å²) in [6, 6.07) is 49.2. The number of nitrogens with two attached hydrogens (primary N) is 1. The summed E-state index contributed by atoms with van der Waals surface area (Å²) in [5, 5.41) is 22.2. The van der Waals surface area contributed by atoms with E-state index >= 15 is 0 Å². The third-order valence-electron chi connectivity index (χ3n) is 19.9. The molecule has 3 saturated heterocycles. The molecule has 0 saturated carbocycles. The highest BCUT2D eigenvalue weighted by Gasteiger charge is 2.35. The molecular weight excluding hydrogens is 1210 g/mol. The molecule has 6 aliphatic rings. The average molecular weight is 1280 g/mol. The number of nitrogens with zero attached hydrogens (tertiary/aromatic N) is 16. The molecule has 12 aromatic rings. The zero-order valence-electron chi connectivity index (χ0n) is 53.8. The third kappa shape index (κ3) is 11.4. The Kier molecular flexibility index (Phi) is 15.6. The van der Waals surface area contributed by atoms with Crippen molar-refractivity contribution in [2.45, 2.75) is 45.6 Å². The van der Waals surface area contributed by atoms with Gasteiger partial charge in [-0.15, -0.1) is 10.2 Å². The molecule has 0 unspecified atom stereocenters. The van der Waals surface area contributed by atoms with Crippen LogP contribution in [0, 0.1) is 40.7 Å². The van der Waals surface area contributed by atoms with Gasteiger partial charge in [0.25, 0.3) is 0 Å². The van der Waals surface area contributed by atoms with Crippen LogP contribution >= 0.6 is 0 Å². The van der Waals surface area contributed by atoms with E-state index in [2.05, 4.69) is 178 Å². The molecule has 12 heterocycles. The quantitative estimate of drug-likeness (QED) is 0.147. The zero-order chi connectivity index (χ0) is 65.3. The minimum Gasteiger partial charge on any atom is -0.371 e. The van der Waals surface area contributed by atoms with Gasteiger partial charge in [-0.25, -0.2) is 27.8 Å². The number of hydrogen-bond acceptors (Lipinski definition) is 11. The Bertz CT molecular complexity index is 4890. The Morgan fingerprint density at radius 2 is 1.09 bits per heavy atom. The lowest BCUT2D eigenvalue weighted by Crippen LogP contribution is -2.28. The number of fused-ring (bicyclic) bond motifs is 15. The second-order valence-corrected chi connectivity index (χ2v) is 26.6. The fourth-order valence-corrected chi connectivity index (χ4v) is 14.9. The fraction of sp³-hybridized carbons (Fsp3) is 0.263. The van der Waals surface area contributed by atoms with Crippen molar-refractivity contribution in [1.82, 2.24) is 57.7 Å². The van der Waals surface area contributed by atoms with E-state index < -0.39 is 6.17 Å². The van der Waals surface area contributed by atoms with Crippen molar-refractivity contribution in [3.05, 3.63) is 223 Å². The molecule has 0 spiro atoms. The summed E-state index contributed by atoms with van der Waals surface area (Å²) in [4.78, 5) is 18.3. The SMILES string of the molecule is CN(C)C[C@H]1CN(c2ccc3c(c2)Cn2cc(-c4ccc(F)cc4)cc2-c2ncnn2-3)C[C@H]1F.C[C@H]1CCN(c2ccc3c(c2)Cn2cc(-c4ccc(C#N)cc4)cc2-c2nccn2-3)C1.NC[C@H]1CCN(c2ccc3c(c2)Cn2cc(-c4ccc(F)cc4)cc2-c2nncn2-3)C1. The number of imidazole rings is 1. The largest absolute Gasteiger partial charge is 0.371 e. The molecule has 4 atom stereocenters.